The molecule has 2 rings (SSSR count). The first-order valence-corrected chi connectivity index (χ1v) is 6.76. The van der Waals surface area contributed by atoms with E-state index in [-0.39, 0.29) is 11.8 Å². The van der Waals surface area contributed by atoms with E-state index in [2.05, 4.69) is 20.9 Å². The van der Waals surface area contributed by atoms with Crippen molar-refractivity contribution in [2.24, 2.45) is 0 Å². The monoisotopic (exact) mass is 313 g/mol. The van der Waals surface area contributed by atoms with Crippen LogP contribution in [0.3, 0.4) is 0 Å². The van der Waals surface area contributed by atoms with Gasteiger partial charge < -0.3 is 14.8 Å². The maximum atomic E-state index is 12.2. The van der Waals surface area contributed by atoms with Crippen molar-refractivity contribution in [2.75, 3.05) is 26.2 Å². The van der Waals surface area contributed by atoms with E-state index in [0.717, 1.165) is 17.4 Å². The highest BCUT2D eigenvalue weighted by Gasteiger charge is 2.21. The van der Waals surface area contributed by atoms with Crippen LogP contribution in [-0.2, 0) is 4.79 Å². The van der Waals surface area contributed by atoms with Crippen molar-refractivity contribution in [2.45, 2.75) is 13.3 Å². The number of carbonyl (C=O) groups excluding carboxylic acids is 2. The lowest BCUT2D eigenvalue weighted by Crippen LogP contribution is -2.36. The van der Waals surface area contributed by atoms with Crippen LogP contribution in [0.1, 0.15) is 23.8 Å². The molecule has 1 aromatic heterocycles. The maximum Gasteiger partial charge on any atom is 0.270 e. The fraction of sp³-hybridized carbons (Fsp3) is 0.500. The number of nitrogens with zero attached hydrogens (tertiary/aromatic N) is 2. The Kier molecular flexibility index (Phi) is 4.06. The van der Waals surface area contributed by atoms with E-state index >= 15 is 0 Å². The van der Waals surface area contributed by atoms with Crippen LogP contribution in [0.15, 0.2) is 16.7 Å². The minimum absolute atomic E-state index is 0.00824. The summed E-state index contributed by atoms with van der Waals surface area (Å²) in [6.07, 6.45) is 2.57. The smallest absolute Gasteiger partial charge is 0.270 e. The zero-order chi connectivity index (χ0) is 13.1. The topological polar surface area (TPSA) is 56.4 Å². The molecule has 0 unspecified atom stereocenters. The number of hydrogen-bond acceptors (Lipinski definition) is 2. The molecule has 1 aliphatic heterocycles. The van der Waals surface area contributed by atoms with Crippen molar-refractivity contribution in [3.05, 3.63) is 22.4 Å². The van der Waals surface area contributed by atoms with E-state index in [1.54, 1.807) is 29.0 Å². The average molecular weight is 314 g/mol. The quantitative estimate of drug-likeness (QED) is 0.853. The van der Waals surface area contributed by atoms with Crippen molar-refractivity contribution in [3.8, 4) is 0 Å². The third-order valence-electron chi connectivity index (χ3n) is 3.11. The minimum Gasteiger partial charge on any atom is -0.356 e. The molecule has 0 aromatic carbocycles. The summed E-state index contributed by atoms with van der Waals surface area (Å²) >= 11 is 3.31. The second-order valence-corrected chi connectivity index (χ2v) is 5.30. The molecule has 0 saturated carbocycles. The predicted molar refractivity (Wildman–Crippen MR) is 71.3 cm³/mol. The molecule has 1 aromatic rings. The number of rotatable bonds is 1. The Bertz CT molecular complexity index is 458. The van der Waals surface area contributed by atoms with E-state index in [1.165, 1.54) is 0 Å². The van der Waals surface area contributed by atoms with Crippen molar-refractivity contribution in [3.63, 3.8) is 0 Å². The number of carbonyl (C=O) groups is 2. The Balaban J connectivity index is 2.02. The van der Waals surface area contributed by atoms with Crippen LogP contribution < -0.4 is 0 Å². The Hall–Kier alpha value is -1.30. The number of H-pyrrole nitrogens is 1. The molecule has 2 amide bonds. The molecule has 0 aliphatic carbocycles. The summed E-state index contributed by atoms with van der Waals surface area (Å²) in [5, 5.41) is 0. The highest BCUT2D eigenvalue weighted by atomic mass is 79.9. The molecule has 0 spiro atoms. The molecule has 0 atom stereocenters. The van der Waals surface area contributed by atoms with Crippen molar-refractivity contribution in [1.29, 1.82) is 0 Å². The fourth-order valence-corrected chi connectivity index (χ4v) is 2.44. The van der Waals surface area contributed by atoms with Crippen LogP contribution in [0.25, 0.3) is 0 Å². The summed E-state index contributed by atoms with van der Waals surface area (Å²) in [5.41, 5.74) is 0.582. The summed E-state index contributed by atoms with van der Waals surface area (Å²) in [7, 11) is 0. The van der Waals surface area contributed by atoms with E-state index in [1.807, 2.05) is 0 Å². The highest BCUT2D eigenvalue weighted by Crippen LogP contribution is 2.14. The zero-order valence-corrected chi connectivity index (χ0v) is 11.9. The third kappa shape index (κ3) is 2.93. The van der Waals surface area contributed by atoms with Crippen molar-refractivity contribution >= 4 is 27.7 Å². The molecule has 6 heteroatoms. The SMILES string of the molecule is CC(=O)N1CCCN(C(=O)c2cc(Br)c[nH]2)CC1. The number of aromatic amines is 1. The van der Waals surface area contributed by atoms with Crippen LogP contribution in [-0.4, -0.2) is 52.8 Å². The molecule has 1 fully saturated rings. The van der Waals surface area contributed by atoms with Gasteiger partial charge in [0.05, 0.1) is 0 Å². The van der Waals surface area contributed by atoms with Gasteiger partial charge in [0, 0.05) is 43.8 Å². The van der Waals surface area contributed by atoms with Gasteiger partial charge in [0.25, 0.3) is 5.91 Å². The predicted octanol–water partition coefficient (Wildman–Crippen LogP) is 1.47. The fourth-order valence-electron chi connectivity index (χ4n) is 2.10. The van der Waals surface area contributed by atoms with Crippen LogP contribution in [0, 0.1) is 0 Å². The summed E-state index contributed by atoms with van der Waals surface area (Å²) in [5.74, 6) is 0.0676. The molecule has 1 aliphatic rings. The summed E-state index contributed by atoms with van der Waals surface area (Å²) in [4.78, 5) is 30.0. The molecule has 5 nitrogen and oxygen atoms in total. The number of halogens is 1. The van der Waals surface area contributed by atoms with Gasteiger partial charge in [0.1, 0.15) is 5.69 Å². The van der Waals surface area contributed by atoms with E-state index in [9.17, 15) is 9.59 Å². The second kappa shape index (κ2) is 5.56. The Morgan fingerprint density at radius 2 is 1.89 bits per heavy atom. The molecule has 2 heterocycles. The Morgan fingerprint density at radius 3 is 2.50 bits per heavy atom. The van der Waals surface area contributed by atoms with Gasteiger partial charge in [-0.2, -0.15) is 0 Å². The van der Waals surface area contributed by atoms with Crippen LogP contribution in [0.5, 0.6) is 0 Å². The lowest BCUT2D eigenvalue weighted by atomic mass is 10.3. The first-order chi connectivity index (χ1) is 8.58. The first-order valence-electron chi connectivity index (χ1n) is 5.96. The normalized spacial score (nSPS) is 16.6. The molecular weight excluding hydrogens is 298 g/mol. The number of amides is 2. The molecule has 1 N–H and O–H groups in total. The van der Waals surface area contributed by atoms with E-state index in [4.69, 9.17) is 0 Å². The second-order valence-electron chi connectivity index (χ2n) is 4.38. The molecular formula is C12H16BrN3O2. The number of hydrogen-bond donors (Lipinski definition) is 1. The van der Waals surface area contributed by atoms with Gasteiger partial charge in [-0.25, -0.2) is 0 Å². The van der Waals surface area contributed by atoms with E-state index < -0.39 is 0 Å². The van der Waals surface area contributed by atoms with E-state index in [0.29, 0.717) is 25.3 Å². The van der Waals surface area contributed by atoms with Crippen LogP contribution in [0.2, 0.25) is 0 Å². The van der Waals surface area contributed by atoms with Gasteiger partial charge in [-0.05, 0) is 28.4 Å². The van der Waals surface area contributed by atoms with Gasteiger partial charge >= 0.3 is 0 Å². The standard InChI is InChI=1S/C12H16BrN3O2/c1-9(17)15-3-2-4-16(6-5-15)12(18)11-7-10(13)8-14-11/h7-8,14H,2-6H2,1H3. The summed E-state index contributed by atoms with van der Waals surface area (Å²) < 4.78 is 0.867. The van der Waals surface area contributed by atoms with Crippen LogP contribution >= 0.6 is 15.9 Å². The van der Waals surface area contributed by atoms with Gasteiger partial charge in [-0.15, -0.1) is 0 Å². The highest BCUT2D eigenvalue weighted by molar-refractivity contribution is 9.10. The van der Waals surface area contributed by atoms with Gasteiger partial charge in [-0.1, -0.05) is 0 Å². The zero-order valence-electron chi connectivity index (χ0n) is 10.3. The third-order valence-corrected chi connectivity index (χ3v) is 3.56. The largest absolute Gasteiger partial charge is 0.356 e. The summed E-state index contributed by atoms with van der Waals surface area (Å²) in [6, 6.07) is 1.77. The van der Waals surface area contributed by atoms with Gasteiger partial charge in [0.15, 0.2) is 0 Å². The van der Waals surface area contributed by atoms with Crippen molar-refractivity contribution in [1.82, 2.24) is 14.8 Å². The molecule has 0 radical (unpaired) electrons. The van der Waals surface area contributed by atoms with Crippen LogP contribution in [0.4, 0.5) is 0 Å². The number of nitrogens with one attached hydrogen (secondary N) is 1. The Morgan fingerprint density at radius 1 is 1.22 bits per heavy atom. The number of aromatic nitrogens is 1. The molecule has 18 heavy (non-hydrogen) atoms. The van der Waals surface area contributed by atoms with Crippen molar-refractivity contribution < 1.29 is 9.59 Å². The summed E-state index contributed by atoms with van der Waals surface area (Å²) in [6.45, 7) is 4.20. The maximum absolute atomic E-state index is 12.2. The Labute approximate surface area is 114 Å². The van der Waals surface area contributed by atoms with Gasteiger partial charge in [-0.3, -0.25) is 9.59 Å². The molecule has 98 valence electrons. The minimum atomic E-state index is -0.00824. The lowest BCUT2D eigenvalue weighted by Gasteiger charge is -2.20. The molecule has 0 bridgehead atoms. The lowest BCUT2D eigenvalue weighted by molar-refractivity contribution is -0.128. The molecule has 1 saturated heterocycles. The first kappa shape index (κ1) is 13.1. The van der Waals surface area contributed by atoms with Gasteiger partial charge in [0.2, 0.25) is 5.91 Å². The average Bonchev–Trinajstić information content (AvgIpc) is 2.63.